The van der Waals surface area contributed by atoms with Gasteiger partial charge in [0.1, 0.15) is 5.35 Å². The van der Waals surface area contributed by atoms with Crippen LogP contribution >= 0.6 is 11.3 Å². The van der Waals surface area contributed by atoms with E-state index < -0.39 is 0 Å². The van der Waals surface area contributed by atoms with Gasteiger partial charge in [-0.3, -0.25) is 9.79 Å². The number of rotatable bonds is 2. The van der Waals surface area contributed by atoms with Gasteiger partial charge in [-0.2, -0.15) is 0 Å². The molecule has 1 aromatic rings. The minimum Gasteiger partial charge on any atom is -0.353 e. The van der Waals surface area contributed by atoms with Crippen LogP contribution in [0.3, 0.4) is 0 Å². The van der Waals surface area contributed by atoms with Gasteiger partial charge in [-0.05, 0) is 13.8 Å². The highest BCUT2D eigenvalue weighted by molar-refractivity contribution is 7.11. The lowest BCUT2D eigenvalue weighted by molar-refractivity contribution is 0.0962. The molecule has 0 fully saturated rings. The first-order valence-corrected chi connectivity index (χ1v) is 5.29. The molecule has 0 aliphatic rings. The van der Waals surface area contributed by atoms with E-state index in [1.54, 1.807) is 13.3 Å². The summed E-state index contributed by atoms with van der Waals surface area (Å²) in [7, 11) is 1.58. The fraction of sp³-hybridized carbons (Fsp3) is 0.300. The minimum absolute atomic E-state index is 0.190. The fourth-order valence-corrected chi connectivity index (χ4v) is 1.95. The molecule has 0 aliphatic carbocycles. The number of nitrogens with zero attached hydrogens (tertiary/aromatic N) is 2. The molecule has 0 saturated carbocycles. The second-order valence-electron chi connectivity index (χ2n) is 2.84. The molecule has 1 aromatic heterocycles. The van der Waals surface area contributed by atoms with Crippen LogP contribution in [0.1, 0.15) is 23.6 Å². The number of aliphatic imine (C=N–C) groups is 1. The van der Waals surface area contributed by atoms with Gasteiger partial charge in [0.2, 0.25) is 0 Å². The number of carbonyl (C=O) groups excluding carboxylic acids is 1. The van der Waals surface area contributed by atoms with Crippen molar-refractivity contribution in [2.75, 3.05) is 7.05 Å². The average Bonchev–Trinajstić information content (AvgIpc) is 2.59. The second-order valence-corrected chi connectivity index (χ2v) is 3.93. The zero-order valence-electron chi connectivity index (χ0n) is 9.00. The Balaban J connectivity index is 3.35. The molecule has 0 radical (unpaired) electrons. The van der Waals surface area contributed by atoms with Gasteiger partial charge in [-0.25, -0.2) is 4.98 Å². The maximum atomic E-state index is 11.3. The summed E-state index contributed by atoms with van der Waals surface area (Å²) in [5.41, 5.74) is 0.772. The van der Waals surface area contributed by atoms with Crippen molar-refractivity contribution in [1.29, 1.82) is 0 Å². The molecule has 5 heteroatoms. The quantitative estimate of drug-likeness (QED) is 0.725. The zero-order valence-corrected chi connectivity index (χ0v) is 9.81. The highest BCUT2D eigenvalue weighted by atomic mass is 32.1. The van der Waals surface area contributed by atoms with Crippen molar-refractivity contribution in [1.82, 2.24) is 10.3 Å². The van der Waals surface area contributed by atoms with Crippen LogP contribution < -0.4 is 15.2 Å². The van der Waals surface area contributed by atoms with E-state index in [9.17, 15) is 4.79 Å². The van der Waals surface area contributed by atoms with Crippen molar-refractivity contribution in [2.45, 2.75) is 13.8 Å². The predicted molar refractivity (Wildman–Crippen MR) is 63.5 cm³/mol. The van der Waals surface area contributed by atoms with Crippen molar-refractivity contribution in [2.24, 2.45) is 4.99 Å². The highest BCUT2D eigenvalue weighted by Crippen LogP contribution is 1.96. The Morgan fingerprint density at radius 1 is 1.67 bits per heavy atom. The fourth-order valence-electron chi connectivity index (χ4n) is 1.09. The van der Waals surface area contributed by atoms with Gasteiger partial charge in [0.15, 0.2) is 5.01 Å². The third-order valence-corrected chi connectivity index (χ3v) is 2.69. The third kappa shape index (κ3) is 2.50. The predicted octanol–water partition coefficient (Wildman–Crippen LogP) is 0.132. The van der Waals surface area contributed by atoms with Crippen LogP contribution in [0.4, 0.5) is 0 Å². The van der Waals surface area contributed by atoms with Gasteiger partial charge < -0.3 is 5.32 Å². The zero-order chi connectivity index (χ0) is 11.4. The molecular weight excluding hydrogens is 210 g/mol. The monoisotopic (exact) mass is 223 g/mol. The Kier molecular flexibility index (Phi) is 3.74. The lowest BCUT2D eigenvalue weighted by atomic mass is 10.4. The number of thiazole rings is 1. The van der Waals surface area contributed by atoms with Gasteiger partial charge in [0.05, 0.1) is 5.70 Å². The normalized spacial score (nSPS) is 13.0. The highest BCUT2D eigenvalue weighted by Gasteiger charge is 2.08. The van der Waals surface area contributed by atoms with E-state index in [0.717, 1.165) is 10.2 Å². The average molecular weight is 223 g/mol. The number of nitrogens with one attached hydrogen (secondary N) is 1. The smallest absolute Gasteiger partial charge is 0.280 e. The largest absolute Gasteiger partial charge is 0.353 e. The summed E-state index contributed by atoms with van der Waals surface area (Å²) < 4.78 is 0.761. The summed E-state index contributed by atoms with van der Waals surface area (Å²) in [6, 6.07) is 0. The Labute approximate surface area is 92.1 Å². The van der Waals surface area contributed by atoms with Crippen LogP contribution in [-0.2, 0) is 0 Å². The molecule has 0 aliphatic heterocycles. The molecule has 0 saturated heterocycles. The summed E-state index contributed by atoms with van der Waals surface area (Å²) in [5, 5.41) is 3.64. The van der Waals surface area contributed by atoms with Crippen LogP contribution in [-0.4, -0.2) is 24.2 Å². The first-order valence-electron chi connectivity index (χ1n) is 4.47. The summed E-state index contributed by atoms with van der Waals surface area (Å²) in [5.74, 6) is -0.190. The van der Waals surface area contributed by atoms with E-state index in [1.807, 2.05) is 13.8 Å². The van der Waals surface area contributed by atoms with Crippen molar-refractivity contribution in [3.05, 3.63) is 14.9 Å². The van der Waals surface area contributed by atoms with Crippen LogP contribution in [0.5, 0.6) is 0 Å². The number of aromatic nitrogens is 1. The second kappa shape index (κ2) is 4.84. The van der Waals surface area contributed by atoms with Crippen LogP contribution in [0.15, 0.2) is 4.99 Å². The van der Waals surface area contributed by atoms with E-state index in [2.05, 4.69) is 21.9 Å². The lowest BCUT2D eigenvalue weighted by Crippen LogP contribution is -2.23. The molecule has 80 valence electrons. The third-order valence-electron chi connectivity index (χ3n) is 1.78. The summed E-state index contributed by atoms with van der Waals surface area (Å²) in [4.78, 5) is 19.6. The van der Waals surface area contributed by atoms with Gasteiger partial charge in [-0.1, -0.05) is 6.58 Å². The van der Waals surface area contributed by atoms with Crippen LogP contribution in [0.25, 0.3) is 12.3 Å². The van der Waals surface area contributed by atoms with Gasteiger partial charge in [-0.15, -0.1) is 11.3 Å². The molecule has 15 heavy (non-hydrogen) atoms. The summed E-state index contributed by atoms with van der Waals surface area (Å²) in [6.45, 7) is 7.52. The Hall–Kier alpha value is -1.49. The number of amides is 1. The molecule has 1 N–H and O–H groups in total. The van der Waals surface area contributed by atoms with E-state index in [1.165, 1.54) is 11.3 Å². The Morgan fingerprint density at radius 3 is 2.87 bits per heavy atom. The molecule has 1 rings (SSSR count). The van der Waals surface area contributed by atoms with Crippen molar-refractivity contribution in [3.8, 4) is 0 Å². The standard InChI is InChI=1S/C10H13N3OS/c1-5-12-6(2)8-7(3)15-10(13-8)9(14)11-4/h5H,3H2,1-2,4H3,(H,11,14)/b8-6+,12-5?. The minimum atomic E-state index is -0.190. The maximum Gasteiger partial charge on any atom is 0.280 e. The molecule has 1 amide bonds. The van der Waals surface area contributed by atoms with E-state index in [0.29, 0.717) is 10.4 Å². The summed E-state index contributed by atoms with van der Waals surface area (Å²) >= 11 is 1.27. The maximum absolute atomic E-state index is 11.3. The summed E-state index contributed by atoms with van der Waals surface area (Å²) in [6.07, 6.45) is 1.69. The Bertz CT molecular complexity index is 501. The first-order chi connectivity index (χ1) is 7.10. The van der Waals surface area contributed by atoms with Crippen molar-refractivity contribution >= 4 is 35.7 Å². The van der Waals surface area contributed by atoms with Gasteiger partial charge in [0, 0.05) is 17.8 Å². The molecule has 0 unspecified atom stereocenters. The van der Waals surface area contributed by atoms with Gasteiger partial charge >= 0.3 is 0 Å². The number of carbonyl (C=O) groups is 1. The van der Waals surface area contributed by atoms with E-state index in [4.69, 9.17) is 0 Å². The molecule has 0 aromatic carbocycles. The molecule has 1 heterocycles. The van der Waals surface area contributed by atoms with E-state index >= 15 is 0 Å². The molecule has 0 spiro atoms. The molecule has 0 atom stereocenters. The first kappa shape index (κ1) is 11.6. The van der Waals surface area contributed by atoms with Crippen molar-refractivity contribution in [3.63, 3.8) is 0 Å². The number of hydrogen-bond donors (Lipinski definition) is 1. The topological polar surface area (TPSA) is 54.4 Å². The number of hydrogen-bond acceptors (Lipinski definition) is 4. The van der Waals surface area contributed by atoms with Crippen LogP contribution in [0, 0.1) is 0 Å². The van der Waals surface area contributed by atoms with Crippen LogP contribution in [0.2, 0.25) is 0 Å². The van der Waals surface area contributed by atoms with Gasteiger partial charge in [0.25, 0.3) is 5.91 Å². The van der Waals surface area contributed by atoms with Crippen molar-refractivity contribution < 1.29 is 4.79 Å². The molecule has 0 bridgehead atoms. The van der Waals surface area contributed by atoms with E-state index in [-0.39, 0.29) is 5.91 Å². The molecular formula is C10H13N3OS. The SMILES string of the molecule is C=c1sc(C(=O)NC)n/c1=C(\C)N=CC. The Morgan fingerprint density at radius 2 is 2.33 bits per heavy atom. The lowest BCUT2D eigenvalue weighted by Gasteiger charge is -1.90. The molecule has 4 nitrogen and oxygen atoms in total.